The van der Waals surface area contributed by atoms with Crippen LogP contribution >= 0.6 is 11.6 Å². The van der Waals surface area contributed by atoms with E-state index in [1.807, 2.05) is 23.1 Å². The Morgan fingerprint density at radius 3 is 2.68 bits per heavy atom. The third-order valence-electron chi connectivity index (χ3n) is 3.44. The van der Waals surface area contributed by atoms with Gasteiger partial charge in [-0.3, -0.25) is 4.90 Å². The van der Waals surface area contributed by atoms with E-state index in [0.717, 1.165) is 12.0 Å². The van der Waals surface area contributed by atoms with E-state index in [-0.39, 0.29) is 24.9 Å². The van der Waals surface area contributed by atoms with Crippen molar-refractivity contribution in [3.05, 3.63) is 52.7 Å². The third kappa shape index (κ3) is 4.03. The predicted molar refractivity (Wildman–Crippen MR) is 78.7 cm³/mol. The Kier molecular flexibility index (Phi) is 5.88. The maximum absolute atomic E-state index is 12.9. The van der Waals surface area contributed by atoms with Gasteiger partial charge < -0.3 is 9.52 Å². The lowest BCUT2D eigenvalue weighted by molar-refractivity contribution is 0.106. The summed E-state index contributed by atoms with van der Waals surface area (Å²) in [6, 6.07) is 7.05. The van der Waals surface area contributed by atoms with E-state index in [2.05, 4.69) is 4.98 Å². The number of nitrogens with zero attached hydrogens (tertiary/aromatic N) is 2. The highest BCUT2D eigenvalue weighted by atomic mass is 35.5. The molecule has 0 saturated heterocycles. The highest BCUT2D eigenvalue weighted by molar-refractivity contribution is 6.31. The topological polar surface area (TPSA) is 49.5 Å². The van der Waals surface area contributed by atoms with Crippen molar-refractivity contribution in [3.8, 4) is 0 Å². The van der Waals surface area contributed by atoms with Crippen molar-refractivity contribution in [2.45, 2.75) is 32.5 Å². The molecule has 120 valence electrons. The van der Waals surface area contributed by atoms with Gasteiger partial charge in [-0.25, -0.2) is 13.8 Å². The molecule has 0 spiro atoms. The number of halogens is 3. The second-order valence-corrected chi connectivity index (χ2v) is 5.40. The molecule has 1 N–H and O–H groups in total. The molecule has 7 heteroatoms. The number of oxazole rings is 1. The van der Waals surface area contributed by atoms with Gasteiger partial charge in [0, 0.05) is 24.2 Å². The van der Waals surface area contributed by atoms with E-state index < -0.39 is 12.2 Å². The highest BCUT2D eigenvalue weighted by Gasteiger charge is 2.23. The molecule has 0 aliphatic heterocycles. The molecular weight excluding hydrogens is 314 g/mol. The van der Waals surface area contributed by atoms with Gasteiger partial charge in [-0.2, -0.15) is 0 Å². The van der Waals surface area contributed by atoms with Crippen LogP contribution in [0.1, 0.15) is 30.4 Å². The van der Waals surface area contributed by atoms with Gasteiger partial charge in [-0.15, -0.1) is 0 Å². The van der Waals surface area contributed by atoms with E-state index in [9.17, 15) is 13.9 Å². The minimum absolute atomic E-state index is 0.105. The van der Waals surface area contributed by atoms with E-state index in [4.69, 9.17) is 16.0 Å². The SMILES string of the molecule is CC(CO)N(Cc1ccccc1Cl)Cc1ncoc1C(F)F. The van der Waals surface area contributed by atoms with Gasteiger partial charge in [-0.05, 0) is 18.6 Å². The molecular formula is C15H17ClF2N2O2. The van der Waals surface area contributed by atoms with Crippen LogP contribution in [0.4, 0.5) is 8.78 Å². The molecule has 1 aromatic carbocycles. The predicted octanol–water partition coefficient (Wildman–Crippen LogP) is 3.65. The molecule has 1 heterocycles. The van der Waals surface area contributed by atoms with Crippen LogP contribution in [0, 0.1) is 0 Å². The average Bonchev–Trinajstić information content (AvgIpc) is 2.96. The molecule has 0 amide bonds. The molecule has 22 heavy (non-hydrogen) atoms. The van der Waals surface area contributed by atoms with Crippen molar-refractivity contribution >= 4 is 11.6 Å². The van der Waals surface area contributed by atoms with Crippen molar-refractivity contribution < 1.29 is 18.3 Å². The van der Waals surface area contributed by atoms with Gasteiger partial charge in [0.25, 0.3) is 6.43 Å². The summed E-state index contributed by atoms with van der Waals surface area (Å²) in [5.41, 5.74) is 1.02. The minimum Gasteiger partial charge on any atom is -0.442 e. The standard InChI is InChI=1S/C15H17ClF2N2O2/c1-10(8-21)20(6-11-4-2-3-5-12(11)16)7-13-14(15(17)18)22-9-19-13/h2-5,9-10,15,21H,6-8H2,1H3. The molecule has 0 fully saturated rings. The van der Waals surface area contributed by atoms with Gasteiger partial charge >= 0.3 is 0 Å². The van der Waals surface area contributed by atoms with Crippen LogP contribution < -0.4 is 0 Å². The maximum atomic E-state index is 12.9. The Morgan fingerprint density at radius 1 is 1.32 bits per heavy atom. The summed E-state index contributed by atoms with van der Waals surface area (Å²) >= 11 is 6.14. The minimum atomic E-state index is -2.72. The average molecular weight is 331 g/mol. The lowest BCUT2D eigenvalue weighted by atomic mass is 10.1. The fraction of sp³-hybridized carbons (Fsp3) is 0.400. The first-order chi connectivity index (χ1) is 10.5. The van der Waals surface area contributed by atoms with Gasteiger partial charge in [0.15, 0.2) is 12.2 Å². The molecule has 0 aliphatic carbocycles. The molecule has 2 rings (SSSR count). The summed E-state index contributed by atoms with van der Waals surface area (Å²) in [6.07, 6.45) is -1.71. The number of rotatable bonds is 7. The van der Waals surface area contributed by atoms with Crippen molar-refractivity contribution in [3.63, 3.8) is 0 Å². The molecule has 0 bridgehead atoms. The van der Waals surface area contributed by atoms with Crippen molar-refractivity contribution in [1.29, 1.82) is 0 Å². The zero-order valence-corrected chi connectivity index (χ0v) is 12.8. The Balaban J connectivity index is 2.20. The number of hydrogen-bond donors (Lipinski definition) is 1. The van der Waals surface area contributed by atoms with Crippen molar-refractivity contribution in [2.75, 3.05) is 6.61 Å². The van der Waals surface area contributed by atoms with Crippen LogP contribution in [0.2, 0.25) is 5.02 Å². The summed E-state index contributed by atoms with van der Waals surface area (Å²) in [5.74, 6) is -0.436. The fourth-order valence-electron chi connectivity index (χ4n) is 2.10. The lowest BCUT2D eigenvalue weighted by Gasteiger charge is -2.27. The van der Waals surface area contributed by atoms with E-state index in [0.29, 0.717) is 11.6 Å². The van der Waals surface area contributed by atoms with E-state index in [1.165, 1.54) is 0 Å². The summed E-state index contributed by atoms with van der Waals surface area (Å²) in [7, 11) is 0. The smallest absolute Gasteiger partial charge is 0.297 e. The van der Waals surface area contributed by atoms with Crippen molar-refractivity contribution in [2.24, 2.45) is 0 Å². The number of alkyl halides is 2. The van der Waals surface area contributed by atoms with Crippen LogP contribution in [-0.4, -0.2) is 27.6 Å². The summed E-state index contributed by atoms with van der Waals surface area (Å²) in [6.45, 7) is 2.26. The fourth-order valence-corrected chi connectivity index (χ4v) is 2.29. The summed E-state index contributed by atoms with van der Waals surface area (Å²) in [5, 5.41) is 9.98. The number of aliphatic hydroxyl groups is 1. The summed E-state index contributed by atoms with van der Waals surface area (Å²) in [4.78, 5) is 5.68. The Hall–Kier alpha value is -1.50. The zero-order chi connectivity index (χ0) is 16.1. The monoisotopic (exact) mass is 330 g/mol. The van der Waals surface area contributed by atoms with Crippen molar-refractivity contribution in [1.82, 2.24) is 9.88 Å². The van der Waals surface area contributed by atoms with Crippen LogP contribution in [0.5, 0.6) is 0 Å². The first-order valence-electron chi connectivity index (χ1n) is 6.81. The number of hydrogen-bond acceptors (Lipinski definition) is 4. The number of aliphatic hydroxyl groups excluding tert-OH is 1. The zero-order valence-electron chi connectivity index (χ0n) is 12.0. The van der Waals surface area contributed by atoms with Crippen LogP contribution in [0.3, 0.4) is 0 Å². The second-order valence-electron chi connectivity index (χ2n) is 4.99. The van der Waals surface area contributed by atoms with E-state index >= 15 is 0 Å². The first kappa shape index (κ1) is 16.9. The highest BCUT2D eigenvalue weighted by Crippen LogP contribution is 2.25. The van der Waals surface area contributed by atoms with Gasteiger partial charge in [0.2, 0.25) is 0 Å². The van der Waals surface area contributed by atoms with E-state index in [1.54, 1.807) is 13.0 Å². The molecule has 1 aromatic heterocycles. The van der Waals surface area contributed by atoms with Crippen LogP contribution in [0.15, 0.2) is 35.1 Å². The second kappa shape index (κ2) is 7.67. The van der Waals surface area contributed by atoms with Crippen LogP contribution in [0.25, 0.3) is 0 Å². The quantitative estimate of drug-likeness (QED) is 0.842. The molecule has 1 atom stereocenters. The summed E-state index contributed by atoms with van der Waals surface area (Å²) < 4.78 is 30.5. The van der Waals surface area contributed by atoms with Gasteiger partial charge in [0.1, 0.15) is 5.69 Å². The molecule has 0 aliphatic rings. The molecule has 2 aromatic rings. The molecule has 4 nitrogen and oxygen atoms in total. The Bertz CT molecular complexity index is 607. The largest absolute Gasteiger partial charge is 0.442 e. The number of benzene rings is 1. The third-order valence-corrected chi connectivity index (χ3v) is 3.81. The normalized spacial score (nSPS) is 13.0. The maximum Gasteiger partial charge on any atom is 0.297 e. The first-order valence-corrected chi connectivity index (χ1v) is 7.19. The van der Waals surface area contributed by atoms with Gasteiger partial charge in [0.05, 0.1) is 6.61 Å². The van der Waals surface area contributed by atoms with Crippen LogP contribution in [-0.2, 0) is 13.1 Å². The number of aromatic nitrogens is 1. The van der Waals surface area contributed by atoms with Gasteiger partial charge in [-0.1, -0.05) is 29.8 Å². The Morgan fingerprint density at radius 2 is 2.05 bits per heavy atom. The molecule has 0 radical (unpaired) electrons. The Labute approximate surface area is 132 Å². The lowest BCUT2D eigenvalue weighted by Crippen LogP contribution is -2.35. The molecule has 1 unspecified atom stereocenters. The molecule has 0 saturated carbocycles.